The first kappa shape index (κ1) is 13.7. The molecule has 4 nitrogen and oxygen atoms in total. The van der Waals surface area contributed by atoms with E-state index in [2.05, 4.69) is 18.8 Å². The highest BCUT2D eigenvalue weighted by Gasteiger charge is 2.09. The predicted octanol–water partition coefficient (Wildman–Crippen LogP) is 1.71. The molecular formula is C11H19NO3. The van der Waals surface area contributed by atoms with Crippen LogP contribution < -0.4 is 5.32 Å². The summed E-state index contributed by atoms with van der Waals surface area (Å²) >= 11 is 0. The van der Waals surface area contributed by atoms with E-state index in [4.69, 9.17) is 5.11 Å². The highest BCUT2D eigenvalue weighted by molar-refractivity contribution is 5.93. The average Bonchev–Trinajstić information content (AvgIpc) is 2.17. The summed E-state index contributed by atoms with van der Waals surface area (Å²) < 4.78 is 0. The quantitative estimate of drug-likeness (QED) is 0.476. The summed E-state index contributed by atoms with van der Waals surface area (Å²) in [5.41, 5.74) is -0.0685. The molecule has 0 aromatic carbocycles. The van der Waals surface area contributed by atoms with Crippen molar-refractivity contribution in [1.29, 1.82) is 0 Å². The fourth-order valence-electron chi connectivity index (χ4n) is 1.11. The van der Waals surface area contributed by atoms with E-state index in [-0.39, 0.29) is 17.9 Å². The number of hydrogen-bond acceptors (Lipinski definition) is 2. The minimum Gasteiger partial charge on any atom is -0.478 e. The Balaban J connectivity index is 3.49. The van der Waals surface area contributed by atoms with Gasteiger partial charge in [0.1, 0.15) is 0 Å². The summed E-state index contributed by atoms with van der Waals surface area (Å²) in [6.07, 6.45) is 4.24. The number of unbranched alkanes of at least 4 members (excludes halogenated alkanes) is 3. The Kier molecular flexibility index (Phi) is 7.32. The minimum absolute atomic E-state index is 0.0685. The Labute approximate surface area is 90.4 Å². The maximum Gasteiger partial charge on any atom is 0.331 e. The van der Waals surface area contributed by atoms with Crippen LogP contribution in [0.3, 0.4) is 0 Å². The lowest BCUT2D eigenvalue weighted by molar-refractivity contribution is -0.134. The Morgan fingerprint density at radius 3 is 2.47 bits per heavy atom. The number of carboxylic acid groups (broad SMARTS) is 1. The fourth-order valence-corrected chi connectivity index (χ4v) is 1.11. The van der Waals surface area contributed by atoms with Crippen LogP contribution in [0.1, 0.15) is 39.0 Å². The number of nitrogens with one attached hydrogen (secondary N) is 1. The van der Waals surface area contributed by atoms with Crippen molar-refractivity contribution in [3.63, 3.8) is 0 Å². The summed E-state index contributed by atoms with van der Waals surface area (Å²) in [5, 5.41) is 11.2. The second kappa shape index (κ2) is 8.03. The van der Waals surface area contributed by atoms with Gasteiger partial charge < -0.3 is 10.4 Å². The van der Waals surface area contributed by atoms with E-state index < -0.39 is 5.97 Å². The van der Waals surface area contributed by atoms with E-state index in [0.29, 0.717) is 6.54 Å². The maximum atomic E-state index is 11.2. The molecule has 0 aromatic rings. The van der Waals surface area contributed by atoms with E-state index in [1.165, 1.54) is 0 Å². The van der Waals surface area contributed by atoms with Crippen molar-refractivity contribution in [3.05, 3.63) is 12.2 Å². The molecule has 0 bridgehead atoms. The molecule has 0 saturated carbocycles. The molecule has 0 heterocycles. The van der Waals surface area contributed by atoms with Gasteiger partial charge >= 0.3 is 5.97 Å². The SMILES string of the molecule is C=C(CC(=O)NCCCCCC)C(=O)O. The van der Waals surface area contributed by atoms with Crippen LogP contribution in [0.2, 0.25) is 0 Å². The van der Waals surface area contributed by atoms with Crippen molar-refractivity contribution in [2.45, 2.75) is 39.0 Å². The molecule has 0 unspecified atom stereocenters. The Hall–Kier alpha value is -1.32. The summed E-state index contributed by atoms with van der Waals surface area (Å²) in [5.74, 6) is -1.38. The number of rotatable bonds is 8. The van der Waals surface area contributed by atoms with E-state index in [9.17, 15) is 9.59 Å². The Morgan fingerprint density at radius 1 is 1.27 bits per heavy atom. The smallest absolute Gasteiger partial charge is 0.331 e. The monoisotopic (exact) mass is 213 g/mol. The summed E-state index contributed by atoms with van der Waals surface area (Å²) in [6.45, 7) is 6.03. The Morgan fingerprint density at radius 2 is 1.93 bits per heavy atom. The van der Waals surface area contributed by atoms with Crippen LogP contribution >= 0.6 is 0 Å². The van der Waals surface area contributed by atoms with Gasteiger partial charge in [-0.15, -0.1) is 0 Å². The van der Waals surface area contributed by atoms with Crippen molar-refractivity contribution in [3.8, 4) is 0 Å². The van der Waals surface area contributed by atoms with E-state index in [1.807, 2.05) is 0 Å². The molecule has 0 fully saturated rings. The highest BCUT2D eigenvalue weighted by Crippen LogP contribution is 1.99. The molecule has 0 atom stereocenters. The van der Waals surface area contributed by atoms with Gasteiger partial charge in [0, 0.05) is 12.1 Å². The second-order valence-electron chi connectivity index (χ2n) is 3.50. The average molecular weight is 213 g/mol. The van der Waals surface area contributed by atoms with Crippen LogP contribution in [0.25, 0.3) is 0 Å². The first-order valence-corrected chi connectivity index (χ1v) is 5.25. The molecule has 0 rings (SSSR count). The molecule has 2 N–H and O–H groups in total. The number of aliphatic carboxylic acids is 1. The third-order valence-corrected chi connectivity index (χ3v) is 2.03. The topological polar surface area (TPSA) is 66.4 Å². The predicted molar refractivity (Wildman–Crippen MR) is 58.5 cm³/mol. The molecule has 0 aliphatic rings. The van der Waals surface area contributed by atoms with Crippen LogP contribution in [0.5, 0.6) is 0 Å². The van der Waals surface area contributed by atoms with Crippen molar-refractivity contribution < 1.29 is 14.7 Å². The molecule has 0 saturated heterocycles. The van der Waals surface area contributed by atoms with Gasteiger partial charge in [-0.3, -0.25) is 4.79 Å². The van der Waals surface area contributed by atoms with Gasteiger partial charge in [0.25, 0.3) is 0 Å². The first-order valence-electron chi connectivity index (χ1n) is 5.25. The number of hydrogen-bond donors (Lipinski definition) is 2. The molecule has 15 heavy (non-hydrogen) atoms. The number of carbonyl (C=O) groups is 2. The number of amides is 1. The lowest BCUT2D eigenvalue weighted by atomic mass is 10.2. The van der Waals surface area contributed by atoms with Gasteiger partial charge in [0.2, 0.25) is 5.91 Å². The molecule has 1 amide bonds. The standard InChI is InChI=1S/C11H19NO3/c1-3-4-5-6-7-12-10(13)8-9(2)11(14)15/h2-8H2,1H3,(H,12,13)(H,14,15). The summed E-state index contributed by atoms with van der Waals surface area (Å²) in [6, 6.07) is 0. The lowest BCUT2D eigenvalue weighted by Gasteiger charge is -2.04. The van der Waals surface area contributed by atoms with Gasteiger partial charge in [-0.05, 0) is 6.42 Å². The van der Waals surface area contributed by atoms with Crippen LogP contribution in [-0.2, 0) is 9.59 Å². The third kappa shape index (κ3) is 7.73. The van der Waals surface area contributed by atoms with Crippen LogP contribution in [-0.4, -0.2) is 23.5 Å². The molecular weight excluding hydrogens is 194 g/mol. The molecule has 0 aromatic heterocycles. The minimum atomic E-state index is -1.11. The lowest BCUT2D eigenvalue weighted by Crippen LogP contribution is -2.25. The highest BCUT2D eigenvalue weighted by atomic mass is 16.4. The van der Waals surface area contributed by atoms with E-state index in [1.54, 1.807) is 0 Å². The largest absolute Gasteiger partial charge is 0.478 e. The Bertz CT molecular complexity index is 236. The molecule has 86 valence electrons. The molecule has 0 spiro atoms. The first-order chi connectivity index (χ1) is 7.07. The van der Waals surface area contributed by atoms with Crippen molar-refractivity contribution in [2.75, 3.05) is 6.54 Å². The normalized spacial score (nSPS) is 9.67. The number of carboxylic acids is 1. The summed E-state index contributed by atoms with van der Waals surface area (Å²) in [7, 11) is 0. The third-order valence-electron chi connectivity index (χ3n) is 2.03. The maximum absolute atomic E-state index is 11.2. The van der Waals surface area contributed by atoms with E-state index >= 15 is 0 Å². The molecule has 0 aliphatic carbocycles. The zero-order chi connectivity index (χ0) is 11.7. The van der Waals surface area contributed by atoms with Crippen molar-refractivity contribution in [1.82, 2.24) is 5.32 Å². The van der Waals surface area contributed by atoms with Crippen LogP contribution in [0.4, 0.5) is 0 Å². The van der Waals surface area contributed by atoms with Crippen molar-refractivity contribution in [2.24, 2.45) is 0 Å². The van der Waals surface area contributed by atoms with Crippen molar-refractivity contribution >= 4 is 11.9 Å². The van der Waals surface area contributed by atoms with Gasteiger partial charge in [-0.2, -0.15) is 0 Å². The van der Waals surface area contributed by atoms with Crippen LogP contribution in [0.15, 0.2) is 12.2 Å². The molecule has 0 radical (unpaired) electrons. The van der Waals surface area contributed by atoms with Gasteiger partial charge in [-0.1, -0.05) is 32.8 Å². The van der Waals surface area contributed by atoms with Crippen LogP contribution in [0, 0.1) is 0 Å². The second-order valence-corrected chi connectivity index (χ2v) is 3.50. The van der Waals surface area contributed by atoms with Gasteiger partial charge in [0.15, 0.2) is 0 Å². The summed E-state index contributed by atoms with van der Waals surface area (Å²) in [4.78, 5) is 21.5. The zero-order valence-corrected chi connectivity index (χ0v) is 9.21. The van der Waals surface area contributed by atoms with E-state index in [0.717, 1.165) is 25.7 Å². The zero-order valence-electron chi connectivity index (χ0n) is 9.21. The molecule has 4 heteroatoms. The van der Waals surface area contributed by atoms with Gasteiger partial charge in [-0.25, -0.2) is 4.79 Å². The number of carbonyl (C=O) groups excluding carboxylic acids is 1. The molecule has 0 aliphatic heterocycles. The van der Waals surface area contributed by atoms with Gasteiger partial charge in [0.05, 0.1) is 6.42 Å². The fraction of sp³-hybridized carbons (Fsp3) is 0.636.